The zero-order chi connectivity index (χ0) is 27.2. The van der Waals surface area contributed by atoms with Gasteiger partial charge in [-0.15, -0.1) is 5.53 Å². The molecule has 13 nitrogen and oxygen atoms in total. The van der Waals surface area contributed by atoms with Crippen molar-refractivity contribution < 1.29 is 33.4 Å². The van der Waals surface area contributed by atoms with Crippen molar-refractivity contribution in [2.45, 2.75) is 39.7 Å². The van der Waals surface area contributed by atoms with Gasteiger partial charge < -0.3 is 19.5 Å². The van der Waals surface area contributed by atoms with E-state index in [2.05, 4.69) is 26.0 Å². The standard InChI is InChI=1S/C24H30N6O7/c1-6-11-36-22(33)19-14-29(28-30(19)27-23(34)37-24(2,3)4)15-7-8-18-17(12-15)16(9-10-25-18)21(32)26-13-20(31)35-5/h7-10,12,14,28H,6,11,13H2,1-5H3,(H,26,32)(H,27,34). The molecule has 2 aromatic rings. The van der Waals surface area contributed by atoms with Crippen LogP contribution in [0.2, 0.25) is 0 Å². The summed E-state index contributed by atoms with van der Waals surface area (Å²) < 4.78 is 15.1. The van der Waals surface area contributed by atoms with Gasteiger partial charge in [-0.2, -0.15) is 5.12 Å². The van der Waals surface area contributed by atoms with E-state index in [1.165, 1.54) is 30.6 Å². The number of hydrogen-bond donors (Lipinski definition) is 3. The van der Waals surface area contributed by atoms with Gasteiger partial charge in [0.25, 0.3) is 5.91 Å². The number of carbonyl (C=O) groups excluding carboxylic acids is 4. The van der Waals surface area contributed by atoms with Gasteiger partial charge in [-0.25, -0.2) is 15.0 Å². The van der Waals surface area contributed by atoms with Crippen molar-refractivity contribution >= 4 is 40.5 Å². The van der Waals surface area contributed by atoms with Gasteiger partial charge in [-0.05, 0) is 51.5 Å². The number of rotatable bonds is 8. The van der Waals surface area contributed by atoms with Crippen LogP contribution < -0.4 is 21.3 Å². The molecule has 3 N–H and O–H groups in total. The fourth-order valence-corrected chi connectivity index (χ4v) is 3.19. The lowest BCUT2D eigenvalue weighted by atomic mass is 10.1. The summed E-state index contributed by atoms with van der Waals surface area (Å²) >= 11 is 0. The molecule has 37 heavy (non-hydrogen) atoms. The number of amides is 2. The Hall–Kier alpha value is -4.39. The molecule has 1 aromatic carbocycles. The lowest BCUT2D eigenvalue weighted by Gasteiger charge is -2.26. The highest BCUT2D eigenvalue weighted by molar-refractivity contribution is 6.07. The highest BCUT2D eigenvalue weighted by atomic mass is 16.6. The number of carbonyl (C=O) groups is 4. The van der Waals surface area contributed by atoms with E-state index < -0.39 is 29.5 Å². The summed E-state index contributed by atoms with van der Waals surface area (Å²) in [7, 11) is 1.23. The Morgan fingerprint density at radius 1 is 1.14 bits per heavy atom. The zero-order valence-electron chi connectivity index (χ0n) is 21.3. The summed E-state index contributed by atoms with van der Waals surface area (Å²) in [5.74, 6) is -1.74. The number of esters is 2. The summed E-state index contributed by atoms with van der Waals surface area (Å²) in [4.78, 5) is 53.5. The molecular weight excluding hydrogens is 484 g/mol. The number of nitrogens with one attached hydrogen (secondary N) is 3. The number of anilines is 1. The number of aromatic nitrogens is 1. The van der Waals surface area contributed by atoms with Gasteiger partial charge in [0, 0.05) is 11.6 Å². The van der Waals surface area contributed by atoms with Crippen LogP contribution in [-0.2, 0) is 23.8 Å². The molecule has 0 bridgehead atoms. The summed E-state index contributed by atoms with van der Waals surface area (Å²) in [6, 6.07) is 6.60. The van der Waals surface area contributed by atoms with Crippen molar-refractivity contribution in [3.8, 4) is 0 Å². The Balaban J connectivity index is 1.90. The van der Waals surface area contributed by atoms with Crippen molar-refractivity contribution in [2.24, 2.45) is 0 Å². The summed E-state index contributed by atoms with van der Waals surface area (Å²) in [5.41, 5.74) is 5.91. The molecule has 0 saturated heterocycles. The van der Waals surface area contributed by atoms with E-state index in [-0.39, 0.29) is 24.4 Å². The first-order valence-electron chi connectivity index (χ1n) is 11.5. The first-order valence-corrected chi connectivity index (χ1v) is 11.5. The van der Waals surface area contributed by atoms with E-state index >= 15 is 0 Å². The average Bonchev–Trinajstić information content (AvgIpc) is 3.27. The first kappa shape index (κ1) is 27.2. The normalized spacial score (nSPS) is 13.2. The van der Waals surface area contributed by atoms with Crippen LogP contribution in [0, 0.1) is 0 Å². The number of hydrazine groups is 3. The Bertz CT molecular complexity index is 1220. The second kappa shape index (κ2) is 11.6. The van der Waals surface area contributed by atoms with Crippen molar-refractivity contribution in [3.05, 3.63) is 47.9 Å². The number of nitrogens with zero attached hydrogens (tertiary/aromatic N) is 3. The molecule has 0 atom stereocenters. The van der Waals surface area contributed by atoms with Gasteiger partial charge >= 0.3 is 18.0 Å². The third kappa shape index (κ3) is 7.07. The van der Waals surface area contributed by atoms with Crippen LogP contribution in [0.1, 0.15) is 44.5 Å². The summed E-state index contributed by atoms with van der Waals surface area (Å²) in [6.45, 7) is 6.91. The van der Waals surface area contributed by atoms with Crippen LogP contribution in [0.4, 0.5) is 10.5 Å². The smallest absolute Gasteiger partial charge is 0.427 e. The highest BCUT2D eigenvalue weighted by Gasteiger charge is 2.31. The van der Waals surface area contributed by atoms with E-state index in [1.807, 2.05) is 6.92 Å². The molecule has 0 spiro atoms. The molecule has 1 aliphatic rings. The van der Waals surface area contributed by atoms with E-state index in [0.717, 1.165) is 5.12 Å². The van der Waals surface area contributed by atoms with Gasteiger partial charge in [0.15, 0.2) is 5.70 Å². The number of ether oxygens (including phenoxy) is 3. The van der Waals surface area contributed by atoms with E-state index in [4.69, 9.17) is 9.47 Å². The summed E-state index contributed by atoms with van der Waals surface area (Å²) in [5, 5.41) is 5.55. The van der Waals surface area contributed by atoms with E-state index in [9.17, 15) is 19.2 Å². The van der Waals surface area contributed by atoms with Crippen molar-refractivity contribution in [1.82, 2.24) is 26.4 Å². The van der Waals surface area contributed by atoms with Crippen molar-refractivity contribution in [1.29, 1.82) is 0 Å². The maximum Gasteiger partial charge on any atom is 0.427 e. The molecule has 13 heteroatoms. The average molecular weight is 515 g/mol. The molecule has 3 rings (SSSR count). The third-order valence-electron chi connectivity index (χ3n) is 4.82. The molecule has 0 saturated carbocycles. The second-order valence-electron chi connectivity index (χ2n) is 8.89. The lowest BCUT2D eigenvalue weighted by Crippen LogP contribution is -2.53. The predicted octanol–water partition coefficient (Wildman–Crippen LogP) is 1.91. The third-order valence-corrected chi connectivity index (χ3v) is 4.82. The fourth-order valence-electron chi connectivity index (χ4n) is 3.19. The van der Waals surface area contributed by atoms with Crippen molar-refractivity contribution in [3.63, 3.8) is 0 Å². The number of pyridine rings is 1. The molecule has 0 aliphatic carbocycles. The molecule has 2 heterocycles. The Morgan fingerprint density at radius 2 is 1.89 bits per heavy atom. The minimum absolute atomic E-state index is 0.00152. The van der Waals surface area contributed by atoms with E-state index in [0.29, 0.717) is 23.0 Å². The second-order valence-corrected chi connectivity index (χ2v) is 8.89. The molecule has 198 valence electrons. The molecule has 1 aliphatic heterocycles. The first-order chi connectivity index (χ1) is 17.5. The topological polar surface area (TPSA) is 151 Å². The predicted molar refractivity (Wildman–Crippen MR) is 132 cm³/mol. The number of fused-ring (bicyclic) bond motifs is 1. The number of benzene rings is 1. The van der Waals surface area contributed by atoms with Crippen LogP contribution in [0.25, 0.3) is 10.9 Å². The van der Waals surface area contributed by atoms with Crippen molar-refractivity contribution in [2.75, 3.05) is 25.3 Å². The van der Waals surface area contributed by atoms with Crippen LogP contribution in [0.15, 0.2) is 42.4 Å². The van der Waals surface area contributed by atoms with Gasteiger partial charge in [-0.1, -0.05) is 6.92 Å². The highest BCUT2D eigenvalue weighted by Crippen LogP contribution is 2.26. The van der Waals surface area contributed by atoms with Gasteiger partial charge in [0.05, 0.1) is 36.7 Å². The van der Waals surface area contributed by atoms with Crippen LogP contribution in [-0.4, -0.2) is 59.9 Å². The van der Waals surface area contributed by atoms with Gasteiger partial charge in [0.2, 0.25) is 0 Å². The molecule has 0 unspecified atom stereocenters. The number of hydrogen-bond acceptors (Lipinski definition) is 11. The number of methoxy groups -OCH3 is 1. The Morgan fingerprint density at radius 3 is 2.57 bits per heavy atom. The maximum atomic E-state index is 12.7. The summed E-state index contributed by atoms with van der Waals surface area (Å²) in [6.07, 6.45) is 2.75. The molecule has 0 radical (unpaired) electrons. The SMILES string of the molecule is CCCOC(=O)C1=CN(c2ccc3nccc(C(=O)NCC(=O)OC)c3c2)NN1NC(=O)OC(C)(C)C. The monoisotopic (exact) mass is 514 g/mol. The van der Waals surface area contributed by atoms with Crippen LogP contribution in [0.5, 0.6) is 0 Å². The van der Waals surface area contributed by atoms with Gasteiger partial charge in [-0.3, -0.25) is 19.6 Å². The molecule has 0 fully saturated rings. The minimum Gasteiger partial charge on any atom is -0.468 e. The largest absolute Gasteiger partial charge is 0.468 e. The molecule has 2 amide bonds. The Labute approximate surface area is 213 Å². The van der Waals surface area contributed by atoms with Crippen LogP contribution >= 0.6 is 0 Å². The quantitative estimate of drug-likeness (QED) is 0.350. The van der Waals surface area contributed by atoms with E-state index in [1.54, 1.807) is 39.0 Å². The minimum atomic E-state index is -0.789. The Kier molecular flexibility index (Phi) is 8.50. The fraction of sp³-hybridized carbons (Fsp3) is 0.375. The van der Waals surface area contributed by atoms with Crippen LogP contribution in [0.3, 0.4) is 0 Å². The molecular formula is C24H30N6O7. The zero-order valence-corrected chi connectivity index (χ0v) is 21.3. The lowest BCUT2D eigenvalue weighted by molar-refractivity contribution is -0.141. The maximum absolute atomic E-state index is 12.7. The van der Waals surface area contributed by atoms with Gasteiger partial charge in [0.1, 0.15) is 12.1 Å². The molecule has 1 aromatic heterocycles.